The van der Waals surface area contributed by atoms with Crippen LogP contribution in [0.4, 0.5) is 5.00 Å². The predicted octanol–water partition coefficient (Wildman–Crippen LogP) is 2.46. The Hall–Kier alpha value is -1.16. The topological polar surface area (TPSA) is 102 Å². The lowest BCUT2D eigenvalue weighted by Gasteiger charge is -2.08. The number of carbonyl (C=O) groups excluding carboxylic acids is 1. The number of carbonyl (C=O) groups is 1. The zero-order chi connectivity index (χ0) is 14.9. The molecular weight excluding hydrogens is 390 g/mol. The number of aromatic nitrogens is 1. The van der Waals surface area contributed by atoms with Crippen molar-refractivity contribution in [1.29, 1.82) is 0 Å². The molecule has 0 spiro atoms. The van der Waals surface area contributed by atoms with Gasteiger partial charge in [-0.1, -0.05) is 11.6 Å². The van der Waals surface area contributed by atoms with Crippen molar-refractivity contribution in [3.05, 3.63) is 38.9 Å². The standard InChI is InChI=1S/C10H7BrClN3O3S2/c11-5-3-7(8(12)14-4-5)20(17,18)15-10-6(9(13)16)1-2-19-10/h1-4,15H,(H2,13,16). The van der Waals surface area contributed by atoms with Gasteiger partial charge < -0.3 is 5.73 Å². The molecule has 2 aromatic heterocycles. The van der Waals surface area contributed by atoms with Crippen LogP contribution in [0.15, 0.2) is 33.1 Å². The summed E-state index contributed by atoms with van der Waals surface area (Å²) in [7, 11) is -3.96. The molecule has 2 heterocycles. The van der Waals surface area contributed by atoms with Crippen LogP contribution in [0.1, 0.15) is 10.4 Å². The Kier molecular flexibility index (Phi) is 4.33. The largest absolute Gasteiger partial charge is 0.366 e. The Morgan fingerprint density at radius 1 is 1.50 bits per heavy atom. The molecule has 3 N–H and O–H groups in total. The maximum absolute atomic E-state index is 12.2. The van der Waals surface area contributed by atoms with Crippen molar-refractivity contribution >= 4 is 59.8 Å². The number of primary amides is 1. The van der Waals surface area contributed by atoms with Gasteiger partial charge in [-0.2, -0.15) is 0 Å². The quantitative estimate of drug-likeness (QED) is 0.775. The summed E-state index contributed by atoms with van der Waals surface area (Å²) in [6.07, 6.45) is 1.38. The first kappa shape index (κ1) is 15.2. The van der Waals surface area contributed by atoms with E-state index < -0.39 is 15.9 Å². The highest BCUT2D eigenvalue weighted by Crippen LogP contribution is 2.29. The third-order valence-corrected chi connectivity index (χ3v) is 5.39. The van der Waals surface area contributed by atoms with Crippen LogP contribution in [0.25, 0.3) is 0 Å². The maximum atomic E-state index is 12.2. The number of nitrogens with one attached hydrogen (secondary N) is 1. The molecule has 0 fully saturated rings. The van der Waals surface area contributed by atoms with E-state index in [1.54, 1.807) is 5.38 Å². The highest BCUT2D eigenvalue weighted by molar-refractivity contribution is 9.10. The predicted molar refractivity (Wildman–Crippen MR) is 80.6 cm³/mol. The molecule has 6 nitrogen and oxygen atoms in total. The molecule has 20 heavy (non-hydrogen) atoms. The van der Waals surface area contributed by atoms with Crippen LogP contribution in [-0.4, -0.2) is 19.3 Å². The smallest absolute Gasteiger partial charge is 0.265 e. The molecule has 0 saturated carbocycles. The van der Waals surface area contributed by atoms with Crippen molar-refractivity contribution in [1.82, 2.24) is 4.98 Å². The van der Waals surface area contributed by atoms with Gasteiger partial charge in [0.15, 0.2) is 0 Å². The first-order chi connectivity index (χ1) is 9.31. The van der Waals surface area contributed by atoms with Crippen molar-refractivity contribution in [2.24, 2.45) is 5.73 Å². The molecule has 2 rings (SSSR count). The second-order valence-corrected chi connectivity index (χ2v) is 7.42. The van der Waals surface area contributed by atoms with Crippen LogP contribution in [-0.2, 0) is 10.0 Å². The van der Waals surface area contributed by atoms with E-state index in [0.29, 0.717) is 4.47 Å². The summed E-state index contributed by atoms with van der Waals surface area (Å²) in [4.78, 5) is 14.7. The third kappa shape index (κ3) is 3.11. The van der Waals surface area contributed by atoms with Crippen molar-refractivity contribution in [2.75, 3.05) is 4.72 Å². The van der Waals surface area contributed by atoms with Gasteiger partial charge in [0.2, 0.25) is 0 Å². The highest BCUT2D eigenvalue weighted by atomic mass is 79.9. The molecule has 0 atom stereocenters. The number of hydrogen-bond donors (Lipinski definition) is 2. The average molecular weight is 397 g/mol. The van der Waals surface area contributed by atoms with Crippen LogP contribution in [0.3, 0.4) is 0 Å². The lowest BCUT2D eigenvalue weighted by atomic mass is 10.3. The summed E-state index contributed by atoms with van der Waals surface area (Å²) in [6.45, 7) is 0. The number of nitrogens with two attached hydrogens (primary N) is 1. The minimum atomic E-state index is -3.96. The van der Waals surface area contributed by atoms with Crippen molar-refractivity contribution in [2.45, 2.75) is 4.90 Å². The maximum Gasteiger partial charge on any atom is 0.265 e. The van der Waals surface area contributed by atoms with E-state index in [0.717, 1.165) is 11.3 Å². The number of nitrogens with zero attached hydrogens (tertiary/aromatic N) is 1. The number of sulfonamides is 1. The van der Waals surface area contributed by atoms with Crippen molar-refractivity contribution in [3.8, 4) is 0 Å². The van der Waals surface area contributed by atoms with Crippen molar-refractivity contribution < 1.29 is 13.2 Å². The Morgan fingerprint density at radius 2 is 2.20 bits per heavy atom. The van der Waals surface area contributed by atoms with Gasteiger partial charge in [0, 0.05) is 10.7 Å². The number of anilines is 1. The molecule has 0 aliphatic rings. The molecule has 2 aromatic rings. The molecule has 0 aromatic carbocycles. The molecule has 0 aliphatic heterocycles. The summed E-state index contributed by atoms with van der Waals surface area (Å²) in [6, 6.07) is 2.75. The van der Waals surface area contributed by atoms with E-state index in [2.05, 4.69) is 25.6 Å². The van der Waals surface area contributed by atoms with E-state index >= 15 is 0 Å². The Morgan fingerprint density at radius 3 is 2.85 bits per heavy atom. The van der Waals surface area contributed by atoms with Gasteiger partial charge >= 0.3 is 0 Å². The van der Waals surface area contributed by atoms with Crippen LogP contribution in [0, 0.1) is 0 Å². The summed E-state index contributed by atoms with van der Waals surface area (Å²) in [5.74, 6) is -0.720. The summed E-state index contributed by atoms with van der Waals surface area (Å²) in [5, 5.41) is 1.52. The van der Waals surface area contributed by atoms with Crippen LogP contribution in [0.2, 0.25) is 5.15 Å². The lowest BCUT2D eigenvalue weighted by Crippen LogP contribution is -2.17. The molecule has 1 amide bonds. The Labute approximate surface area is 132 Å². The number of hydrogen-bond acceptors (Lipinski definition) is 5. The van der Waals surface area contributed by atoms with Gasteiger partial charge in [0.1, 0.15) is 15.0 Å². The van der Waals surface area contributed by atoms with Gasteiger partial charge in [-0.25, -0.2) is 13.4 Å². The SMILES string of the molecule is NC(=O)c1ccsc1NS(=O)(=O)c1cc(Br)cnc1Cl. The number of thiophene rings is 1. The second-order valence-electron chi connectivity index (χ2n) is 3.58. The molecule has 10 heteroatoms. The number of halogens is 2. The molecular formula is C10H7BrClN3O3S2. The normalized spacial score (nSPS) is 11.3. The molecule has 0 aliphatic carbocycles. The molecule has 0 bridgehead atoms. The van der Waals surface area contributed by atoms with Crippen LogP contribution in [0.5, 0.6) is 0 Å². The Bertz CT molecular complexity index is 776. The lowest BCUT2D eigenvalue weighted by molar-refractivity contribution is 0.100. The molecule has 0 unspecified atom stereocenters. The zero-order valence-corrected chi connectivity index (χ0v) is 13.6. The zero-order valence-electron chi connectivity index (χ0n) is 9.63. The van der Waals surface area contributed by atoms with E-state index in [-0.39, 0.29) is 20.6 Å². The summed E-state index contributed by atoms with van der Waals surface area (Å²) >= 11 is 9.95. The molecule has 106 valence electrons. The average Bonchev–Trinajstić information content (AvgIpc) is 2.79. The summed E-state index contributed by atoms with van der Waals surface area (Å²) in [5.41, 5.74) is 5.25. The minimum Gasteiger partial charge on any atom is -0.366 e. The number of amides is 1. The van der Waals surface area contributed by atoms with Gasteiger partial charge in [0.25, 0.3) is 15.9 Å². The fraction of sp³-hybridized carbons (Fsp3) is 0. The van der Waals surface area contributed by atoms with Crippen molar-refractivity contribution in [3.63, 3.8) is 0 Å². The number of rotatable bonds is 4. The minimum absolute atomic E-state index is 0.0950. The van der Waals surface area contributed by atoms with E-state index in [4.69, 9.17) is 17.3 Å². The highest BCUT2D eigenvalue weighted by Gasteiger charge is 2.22. The second kappa shape index (κ2) is 5.68. The van der Waals surface area contributed by atoms with Gasteiger partial charge in [-0.3, -0.25) is 9.52 Å². The first-order valence-corrected chi connectivity index (χ1v) is 8.56. The fourth-order valence-corrected chi connectivity index (χ4v) is 4.42. The van der Waals surface area contributed by atoms with E-state index in [9.17, 15) is 13.2 Å². The number of pyridine rings is 1. The van der Waals surface area contributed by atoms with E-state index in [1.807, 2.05) is 0 Å². The van der Waals surface area contributed by atoms with Crippen LogP contribution >= 0.6 is 38.9 Å². The molecule has 0 radical (unpaired) electrons. The monoisotopic (exact) mass is 395 g/mol. The fourth-order valence-electron chi connectivity index (χ4n) is 1.35. The Balaban J connectivity index is 2.44. The third-order valence-electron chi connectivity index (χ3n) is 2.22. The molecule has 0 saturated heterocycles. The van der Waals surface area contributed by atoms with E-state index in [1.165, 1.54) is 18.3 Å². The van der Waals surface area contributed by atoms with Gasteiger partial charge in [-0.05, 0) is 33.4 Å². The van der Waals surface area contributed by atoms with Gasteiger partial charge in [-0.15, -0.1) is 11.3 Å². The summed E-state index contributed by atoms with van der Waals surface area (Å²) < 4.78 is 27.2. The first-order valence-electron chi connectivity index (χ1n) is 5.02. The van der Waals surface area contributed by atoms with Gasteiger partial charge in [0.05, 0.1) is 5.56 Å². The van der Waals surface area contributed by atoms with Crippen LogP contribution < -0.4 is 10.5 Å².